The van der Waals surface area contributed by atoms with Gasteiger partial charge in [-0.25, -0.2) is 8.78 Å². The smallest absolute Gasteiger partial charge is 0.202 e. The molecule has 0 N–H and O–H groups in total. The van der Waals surface area contributed by atoms with E-state index in [0.717, 1.165) is 5.56 Å². The van der Waals surface area contributed by atoms with Crippen molar-refractivity contribution in [2.75, 3.05) is 0 Å². The lowest BCUT2D eigenvalue weighted by Crippen LogP contribution is -3.86. The number of hydrogen-bond donors (Lipinski definition) is 0. The van der Waals surface area contributed by atoms with Crippen molar-refractivity contribution in [2.24, 2.45) is 0 Å². The number of rotatable bonds is 5. The van der Waals surface area contributed by atoms with Gasteiger partial charge in [-0.15, -0.1) is 0 Å². The van der Waals surface area contributed by atoms with E-state index in [9.17, 15) is 17.2 Å². The SMILES string of the molecule is Cc1cc(C)c(S(=O)(=O)O[I+](c2ccccc2F)c2ccccc2F)c(C)c1. The molecule has 3 aromatic carbocycles. The molecule has 0 aromatic heterocycles. The maximum absolute atomic E-state index is 14.5. The van der Waals surface area contributed by atoms with Crippen molar-refractivity contribution < 1.29 is 39.9 Å². The predicted octanol–water partition coefficient (Wildman–Crippen LogP) is 1.87. The summed E-state index contributed by atoms with van der Waals surface area (Å²) in [6.07, 6.45) is 0. The molecule has 0 bridgehead atoms. The van der Waals surface area contributed by atoms with Crippen LogP contribution in [0, 0.1) is 39.5 Å². The Morgan fingerprint density at radius 1 is 0.786 bits per heavy atom. The van der Waals surface area contributed by atoms with E-state index in [2.05, 4.69) is 0 Å². The maximum Gasteiger partial charge on any atom is 0.336 e. The molecule has 28 heavy (non-hydrogen) atoms. The first-order valence-corrected chi connectivity index (χ1v) is 12.9. The summed E-state index contributed by atoms with van der Waals surface area (Å²) in [6, 6.07) is 15.0. The molecule has 0 spiro atoms. The average molecular weight is 516 g/mol. The molecular formula is C21H19F2IO3S+. The zero-order valence-corrected chi connectivity index (χ0v) is 18.5. The number of benzene rings is 3. The number of aryl methyl sites for hydroxylation is 3. The molecule has 0 atom stereocenters. The molecule has 1 radical (unpaired) electrons. The summed E-state index contributed by atoms with van der Waals surface area (Å²) in [7, 11) is -4.23. The van der Waals surface area contributed by atoms with Gasteiger partial charge in [-0.2, -0.15) is 8.42 Å². The molecule has 0 amide bonds. The number of halogens is 3. The summed E-state index contributed by atoms with van der Waals surface area (Å²) in [4.78, 5) is 0.0491. The molecule has 0 saturated heterocycles. The molecule has 3 rings (SSSR count). The van der Waals surface area contributed by atoms with Crippen molar-refractivity contribution in [1.29, 1.82) is 0 Å². The van der Waals surface area contributed by atoms with Crippen molar-refractivity contribution in [1.82, 2.24) is 0 Å². The minimum Gasteiger partial charge on any atom is -0.202 e. The van der Waals surface area contributed by atoms with Gasteiger partial charge in [-0.1, -0.05) is 42.0 Å². The standard InChI is InChI=1S/C21H19F2IO3S/c1-14-12-15(2)21(16(3)13-14)28(25,26)27-24(19-10-6-4-8-17(19)22)20-11-7-5-9-18(20)23/h4-13H,1-3H3/q+1. The monoisotopic (exact) mass is 516 g/mol. The van der Waals surface area contributed by atoms with Crippen LogP contribution in [0.3, 0.4) is 0 Å². The Morgan fingerprint density at radius 3 is 1.64 bits per heavy atom. The van der Waals surface area contributed by atoms with E-state index in [-0.39, 0.29) is 12.0 Å². The maximum atomic E-state index is 14.5. The van der Waals surface area contributed by atoms with E-state index in [1.807, 2.05) is 6.92 Å². The lowest BCUT2D eigenvalue weighted by atomic mass is 10.1. The zero-order chi connectivity index (χ0) is 20.5. The van der Waals surface area contributed by atoms with E-state index in [1.165, 1.54) is 36.4 Å². The molecule has 0 heterocycles. The van der Waals surface area contributed by atoms with E-state index in [1.54, 1.807) is 38.1 Å². The zero-order valence-electron chi connectivity index (χ0n) is 15.5. The van der Waals surface area contributed by atoms with Crippen molar-refractivity contribution >= 4 is 10.1 Å². The molecule has 0 fully saturated rings. The third-order valence-corrected chi connectivity index (χ3v) is 11.8. The van der Waals surface area contributed by atoms with Gasteiger partial charge < -0.3 is 0 Å². The van der Waals surface area contributed by atoms with Gasteiger partial charge in [0.2, 0.25) is 7.14 Å². The van der Waals surface area contributed by atoms with Crippen LogP contribution in [0.5, 0.6) is 0 Å². The van der Waals surface area contributed by atoms with Gasteiger partial charge in [0.1, 0.15) is 4.90 Å². The van der Waals surface area contributed by atoms with E-state index in [4.69, 9.17) is 2.51 Å². The second-order valence-corrected chi connectivity index (χ2v) is 12.6. The first kappa shape index (κ1) is 20.9. The van der Waals surface area contributed by atoms with Crippen LogP contribution < -0.4 is 20.2 Å². The topological polar surface area (TPSA) is 43.4 Å². The Balaban J connectivity index is 2.16. The van der Waals surface area contributed by atoms with Gasteiger partial charge in [0.25, 0.3) is 0 Å². The summed E-state index contributed by atoms with van der Waals surface area (Å²) >= 11 is -3.44. The first-order chi connectivity index (χ1) is 13.2. The third-order valence-electron chi connectivity index (χ3n) is 4.02. The molecule has 3 aromatic rings. The van der Waals surface area contributed by atoms with Crippen LogP contribution in [0.1, 0.15) is 16.7 Å². The van der Waals surface area contributed by atoms with Gasteiger partial charge in [-0.3, -0.25) is 0 Å². The molecule has 0 saturated carbocycles. The second kappa shape index (κ2) is 8.26. The Labute approximate surface area is 171 Å². The summed E-state index contributed by atoms with van der Waals surface area (Å²) < 4.78 is 61.1. The van der Waals surface area contributed by atoms with Gasteiger partial charge in [-0.05, 0) is 58.7 Å². The fourth-order valence-corrected chi connectivity index (χ4v) is 10.4. The summed E-state index contributed by atoms with van der Waals surface area (Å²) in [5.74, 6) is -1.22. The highest BCUT2D eigenvalue weighted by Crippen LogP contribution is 2.22. The van der Waals surface area contributed by atoms with Crippen molar-refractivity contribution in [3.05, 3.63) is 96.1 Å². The van der Waals surface area contributed by atoms with E-state index in [0.29, 0.717) is 11.1 Å². The first-order valence-electron chi connectivity index (χ1n) is 8.42. The van der Waals surface area contributed by atoms with E-state index >= 15 is 0 Å². The number of hydrogen-bond acceptors (Lipinski definition) is 3. The summed E-state index contributed by atoms with van der Waals surface area (Å²) in [5.41, 5.74) is 2.00. The third kappa shape index (κ3) is 4.26. The van der Waals surface area contributed by atoms with Crippen molar-refractivity contribution in [3.63, 3.8) is 0 Å². The summed E-state index contributed by atoms with van der Waals surface area (Å²) in [5, 5.41) is 0. The molecule has 0 aliphatic heterocycles. The van der Waals surface area contributed by atoms with Gasteiger partial charge in [0, 0.05) is 0 Å². The Bertz CT molecular complexity index is 1060. The molecular weight excluding hydrogens is 497 g/mol. The molecule has 0 unspecified atom stereocenters. The lowest BCUT2D eigenvalue weighted by molar-refractivity contribution is -1.03. The van der Waals surface area contributed by atoms with Crippen LogP contribution in [0.4, 0.5) is 8.78 Å². The highest BCUT2D eigenvalue weighted by molar-refractivity contribution is 7.86. The van der Waals surface area contributed by atoms with Gasteiger partial charge in [0.05, 0.1) is 0 Å². The van der Waals surface area contributed by atoms with Gasteiger partial charge >= 0.3 is 30.4 Å². The Morgan fingerprint density at radius 2 is 1.21 bits per heavy atom. The normalized spacial score (nSPS) is 11.8. The predicted molar refractivity (Wildman–Crippen MR) is 99.1 cm³/mol. The average Bonchev–Trinajstić information content (AvgIpc) is 2.60. The van der Waals surface area contributed by atoms with Crippen LogP contribution in [0.25, 0.3) is 0 Å². The Kier molecular flexibility index (Phi) is 6.16. The largest absolute Gasteiger partial charge is 0.336 e. The fourth-order valence-electron chi connectivity index (χ4n) is 3.01. The molecule has 147 valence electrons. The molecule has 3 nitrogen and oxygen atoms in total. The molecule has 7 heteroatoms. The molecule has 0 aliphatic rings. The van der Waals surface area contributed by atoms with Crippen LogP contribution >= 0.6 is 0 Å². The second-order valence-electron chi connectivity index (χ2n) is 6.32. The molecule has 0 aliphatic carbocycles. The van der Waals surface area contributed by atoms with Crippen LogP contribution in [-0.2, 0) is 12.6 Å². The summed E-state index contributed by atoms with van der Waals surface area (Å²) in [6.45, 7) is 5.23. The highest BCUT2D eigenvalue weighted by atomic mass is 127. The quantitative estimate of drug-likeness (QED) is 0.487. The lowest BCUT2D eigenvalue weighted by Gasteiger charge is -2.12. The van der Waals surface area contributed by atoms with Crippen molar-refractivity contribution in [2.45, 2.75) is 25.7 Å². The Hall–Kier alpha value is -1.84. The van der Waals surface area contributed by atoms with Crippen LogP contribution in [0.2, 0.25) is 0 Å². The van der Waals surface area contributed by atoms with Crippen molar-refractivity contribution in [3.8, 4) is 0 Å². The van der Waals surface area contributed by atoms with Crippen LogP contribution in [0.15, 0.2) is 65.6 Å². The van der Waals surface area contributed by atoms with Gasteiger partial charge in [0.15, 0.2) is 11.6 Å². The fraction of sp³-hybridized carbons (Fsp3) is 0.143. The highest BCUT2D eigenvalue weighted by Gasteiger charge is 2.42. The minimum atomic E-state index is -4.23. The van der Waals surface area contributed by atoms with E-state index < -0.39 is 42.0 Å². The van der Waals surface area contributed by atoms with Crippen LogP contribution in [-0.4, -0.2) is 8.42 Å². The minimum absolute atomic E-state index is 0.0491.